The number of aryl methyl sites for hydroxylation is 1. The molecule has 0 unspecified atom stereocenters. The van der Waals surface area contributed by atoms with Crippen molar-refractivity contribution in [2.75, 3.05) is 5.32 Å². The van der Waals surface area contributed by atoms with Crippen LogP contribution >= 0.6 is 39.1 Å². The Morgan fingerprint density at radius 1 is 1.16 bits per heavy atom. The van der Waals surface area contributed by atoms with Gasteiger partial charge in [-0.2, -0.15) is 0 Å². The fraction of sp³-hybridized carbons (Fsp3) is 0.0714. The Balaban J connectivity index is 2.23. The number of nitrogens with one attached hydrogen (secondary N) is 1. The second-order valence-corrected chi connectivity index (χ2v) is 5.74. The fourth-order valence-electron chi connectivity index (χ4n) is 1.54. The molecule has 0 saturated carbocycles. The molecule has 0 radical (unpaired) electrons. The molecule has 19 heavy (non-hydrogen) atoms. The first-order valence-corrected chi connectivity index (χ1v) is 7.05. The van der Waals surface area contributed by atoms with Gasteiger partial charge >= 0.3 is 0 Å². The van der Waals surface area contributed by atoms with Crippen LogP contribution < -0.4 is 5.32 Å². The van der Waals surface area contributed by atoms with Gasteiger partial charge in [0.2, 0.25) is 0 Å². The van der Waals surface area contributed by atoms with Crippen molar-refractivity contribution in [2.45, 2.75) is 6.92 Å². The molecule has 0 aliphatic rings. The number of rotatable bonds is 2. The number of carbonyl (C=O) groups excluding carboxylic acids is 1. The SMILES string of the molecule is Cc1ccc(NC(=O)c2ccc(Cl)cc2Br)cc1Cl. The van der Waals surface area contributed by atoms with Crippen LogP contribution in [-0.2, 0) is 0 Å². The number of hydrogen-bond acceptors (Lipinski definition) is 1. The quantitative estimate of drug-likeness (QED) is 0.773. The van der Waals surface area contributed by atoms with Gasteiger partial charge in [-0.15, -0.1) is 0 Å². The lowest BCUT2D eigenvalue weighted by molar-refractivity contribution is 0.102. The van der Waals surface area contributed by atoms with E-state index in [1.54, 1.807) is 24.3 Å². The maximum absolute atomic E-state index is 12.1. The number of amides is 1. The van der Waals surface area contributed by atoms with Crippen LogP contribution in [-0.4, -0.2) is 5.91 Å². The molecule has 2 aromatic carbocycles. The predicted molar refractivity (Wildman–Crippen MR) is 83.3 cm³/mol. The van der Waals surface area contributed by atoms with Gasteiger partial charge in [-0.1, -0.05) is 29.3 Å². The fourth-order valence-corrected chi connectivity index (χ4v) is 2.59. The lowest BCUT2D eigenvalue weighted by Crippen LogP contribution is -2.12. The summed E-state index contributed by atoms with van der Waals surface area (Å²) in [7, 11) is 0. The number of benzene rings is 2. The number of anilines is 1. The molecular formula is C14H10BrCl2NO. The summed E-state index contributed by atoms with van der Waals surface area (Å²) >= 11 is 15.2. The molecule has 2 rings (SSSR count). The van der Waals surface area contributed by atoms with Crippen molar-refractivity contribution in [3.63, 3.8) is 0 Å². The van der Waals surface area contributed by atoms with Crippen LogP contribution in [0.5, 0.6) is 0 Å². The second-order valence-electron chi connectivity index (χ2n) is 4.04. The third-order valence-corrected chi connectivity index (χ3v) is 3.90. The molecule has 0 atom stereocenters. The molecule has 0 aliphatic heterocycles. The molecule has 98 valence electrons. The van der Waals surface area contributed by atoms with Crippen LogP contribution in [0.15, 0.2) is 40.9 Å². The second kappa shape index (κ2) is 5.95. The molecule has 0 aliphatic carbocycles. The first kappa shape index (κ1) is 14.4. The van der Waals surface area contributed by atoms with Crippen LogP contribution in [0.3, 0.4) is 0 Å². The smallest absolute Gasteiger partial charge is 0.256 e. The first-order chi connectivity index (χ1) is 8.97. The van der Waals surface area contributed by atoms with E-state index in [9.17, 15) is 4.79 Å². The van der Waals surface area contributed by atoms with E-state index in [2.05, 4.69) is 21.2 Å². The highest BCUT2D eigenvalue weighted by atomic mass is 79.9. The minimum absolute atomic E-state index is 0.219. The number of halogens is 3. The van der Waals surface area contributed by atoms with Crippen molar-refractivity contribution in [2.24, 2.45) is 0 Å². The highest BCUT2D eigenvalue weighted by molar-refractivity contribution is 9.10. The lowest BCUT2D eigenvalue weighted by Gasteiger charge is -2.08. The first-order valence-electron chi connectivity index (χ1n) is 5.50. The molecule has 2 nitrogen and oxygen atoms in total. The molecular weight excluding hydrogens is 349 g/mol. The Bertz CT molecular complexity index is 643. The predicted octanol–water partition coefficient (Wildman–Crippen LogP) is 5.32. The summed E-state index contributed by atoms with van der Waals surface area (Å²) in [5, 5.41) is 3.98. The van der Waals surface area contributed by atoms with Crippen LogP contribution in [0.1, 0.15) is 15.9 Å². The van der Waals surface area contributed by atoms with Gasteiger partial charge in [-0.3, -0.25) is 4.79 Å². The van der Waals surface area contributed by atoms with E-state index in [1.807, 2.05) is 19.1 Å². The standard InChI is InChI=1S/C14H10BrCl2NO/c1-8-2-4-10(7-13(8)17)18-14(19)11-5-3-9(16)6-12(11)15/h2-7H,1H3,(H,18,19). The Morgan fingerprint density at radius 3 is 2.53 bits per heavy atom. The summed E-state index contributed by atoms with van der Waals surface area (Å²) in [4.78, 5) is 12.1. The van der Waals surface area contributed by atoms with Crippen LogP contribution in [0.25, 0.3) is 0 Å². The highest BCUT2D eigenvalue weighted by Crippen LogP contribution is 2.24. The molecule has 0 heterocycles. The monoisotopic (exact) mass is 357 g/mol. The maximum Gasteiger partial charge on any atom is 0.256 e. The zero-order valence-electron chi connectivity index (χ0n) is 10.0. The number of carbonyl (C=O) groups is 1. The van der Waals surface area contributed by atoms with Gasteiger partial charge in [0.15, 0.2) is 0 Å². The highest BCUT2D eigenvalue weighted by Gasteiger charge is 2.11. The zero-order chi connectivity index (χ0) is 14.0. The minimum Gasteiger partial charge on any atom is -0.322 e. The summed E-state index contributed by atoms with van der Waals surface area (Å²) in [6.07, 6.45) is 0. The molecule has 0 aromatic heterocycles. The van der Waals surface area contributed by atoms with Crippen molar-refractivity contribution in [3.05, 3.63) is 62.0 Å². The lowest BCUT2D eigenvalue weighted by atomic mass is 10.2. The average Bonchev–Trinajstić information content (AvgIpc) is 2.33. The van der Waals surface area contributed by atoms with Gasteiger partial charge in [0, 0.05) is 20.2 Å². The minimum atomic E-state index is -0.219. The Labute approximate surface area is 129 Å². The Kier molecular flexibility index (Phi) is 4.50. The molecule has 1 N–H and O–H groups in total. The third-order valence-electron chi connectivity index (χ3n) is 2.61. The Morgan fingerprint density at radius 2 is 1.89 bits per heavy atom. The van der Waals surface area contributed by atoms with E-state index < -0.39 is 0 Å². The van der Waals surface area contributed by atoms with Gasteiger partial charge in [0.25, 0.3) is 5.91 Å². The van der Waals surface area contributed by atoms with Crippen LogP contribution in [0.4, 0.5) is 5.69 Å². The van der Waals surface area contributed by atoms with E-state index in [0.29, 0.717) is 25.8 Å². The molecule has 0 saturated heterocycles. The van der Waals surface area contributed by atoms with Crippen molar-refractivity contribution in [3.8, 4) is 0 Å². The topological polar surface area (TPSA) is 29.1 Å². The molecule has 0 spiro atoms. The van der Waals surface area contributed by atoms with E-state index >= 15 is 0 Å². The van der Waals surface area contributed by atoms with Gasteiger partial charge in [0.1, 0.15) is 0 Å². The van der Waals surface area contributed by atoms with Crippen molar-refractivity contribution < 1.29 is 4.79 Å². The average molecular weight is 359 g/mol. The summed E-state index contributed by atoms with van der Waals surface area (Å²) in [5.41, 5.74) is 2.14. The summed E-state index contributed by atoms with van der Waals surface area (Å²) in [5.74, 6) is -0.219. The van der Waals surface area contributed by atoms with E-state index in [-0.39, 0.29) is 5.91 Å². The molecule has 5 heteroatoms. The zero-order valence-corrected chi connectivity index (χ0v) is 13.1. The summed E-state index contributed by atoms with van der Waals surface area (Å²) in [6.45, 7) is 1.91. The molecule has 0 bridgehead atoms. The molecule has 2 aromatic rings. The van der Waals surface area contributed by atoms with E-state index in [1.165, 1.54) is 0 Å². The van der Waals surface area contributed by atoms with Gasteiger partial charge in [-0.25, -0.2) is 0 Å². The van der Waals surface area contributed by atoms with Gasteiger partial charge < -0.3 is 5.32 Å². The van der Waals surface area contributed by atoms with E-state index in [0.717, 1.165) is 5.56 Å². The van der Waals surface area contributed by atoms with Crippen molar-refractivity contribution >= 4 is 50.7 Å². The number of hydrogen-bond donors (Lipinski definition) is 1. The summed E-state index contributed by atoms with van der Waals surface area (Å²) < 4.78 is 0.649. The summed E-state index contributed by atoms with van der Waals surface area (Å²) in [6, 6.07) is 10.4. The van der Waals surface area contributed by atoms with Crippen molar-refractivity contribution in [1.82, 2.24) is 0 Å². The van der Waals surface area contributed by atoms with Crippen molar-refractivity contribution in [1.29, 1.82) is 0 Å². The third kappa shape index (κ3) is 3.50. The largest absolute Gasteiger partial charge is 0.322 e. The van der Waals surface area contributed by atoms with Crippen LogP contribution in [0.2, 0.25) is 10.0 Å². The van der Waals surface area contributed by atoms with Crippen LogP contribution in [0, 0.1) is 6.92 Å². The normalized spacial score (nSPS) is 10.3. The Hall–Kier alpha value is -1.03. The van der Waals surface area contributed by atoms with Gasteiger partial charge in [-0.05, 0) is 58.7 Å². The molecule has 1 amide bonds. The maximum atomic E-state index is 12.1. The van der Waals surface area contributed by atoms with Gasteiger partial charge in [0.05, 0.1) is 5.56 Å². The van der Waals surface area contributed by atoms with E-state index in [4.69, 9.17) is 23.2 Å². The molecule has 0 fully saturated rings.